The first-order valence-electron chi connectivity index (χ1n) is 7.12. The van der Waals surface area contributed by atoms with E-state index in [4.69, 9.17) is 5.11 Å². The highest BCUT2D eigenvalue weighted by molar-refractivity contribution is 5.93. The minimum Gasteiger partial charge on any atom is -0.478 e. The van der Waals surface area contributed by atoms with Crippen LogP contribution in [-0.2, 0) is 0 Å². The number of unbranched alkanes of at least 4 members (excludes halogenated alkanes) is 5. The van der Waals surface area contributed by atoms with Gasteiger partial charge in [-0.3, -0.25) is 9.78 Å². The summed E-state index contributed by atoms with van der Waals surface area (Å²) in [5, 5.41) is 11.5. The Morgan fingerprint density at radius 3 is 2.45 bits per heavy atom. The second-order valence-electron chi connectivity index (χ2n) is 4.76. The standard InChI is InChI=1S/C15H22N2O3/c1-2-3-4-5-6-7-10-16-14(18)13-9-8-12(11-17-13)15(19)20/h8-9,11H,2-7,10H2,1H3,(H,16,18)(H,19,20). The molecule has 1 rings (SSSR count). The second kappa shape index (κ2) is 9.07. The zero-order valence-electron chi connectivity index (χ0n) is 11.9. The van der Waals surface area contributed by atoms with E-state index < -0.39 is 5.97 Å². The van der Waals surface area contributed by atoms with Crippen LogP contribution in [0.5, 0.6) is 0 Å². The third-order valence-electron chi connectivity index (χ3n) is 3.06. The van der Waals surface area contributed by atoms with Gasteiger partial charge >= 0.3 is 5.97 Å². The molecule has 0 atom stereocenters. The van der Waals surface area contributed by atoms with E-state index in [2.05, 4.69) is 17.2 Å². The number of aromatic nitrogens is 1. The van der Waals surface area contributed by atoms with Gasteiger partial charge in [0.15, 0.2) is 0 Å². The van der Waals surface area contributed by atoms with Gasteiger partial charge in [-0.15, -0.1) is 0 Å². The quantitative estimate of drug-likeness (QED) is 0.681. The van der Waals surface area contributed by atoms with Crippen molar-refractivity contribution in [2.24, 2.45) is 0 Å². The Hall–Kier alpha value is -1.91. The number of carboxylic acids is 1. The topological polar surface area (TPSA) is 79.3 Å². The summed E-state index contributed by atoms with van der Waals surface area (Å²) in [6, 6.07) is 2.81. The predicted molar refractivity (Wildman–Crippen MR) is 76.9 cm³/mol. The van der Waals surface area contributed by atoms with Crippen LogP contribution in [0.25, 0.3) is 0 Å². The largest absolute Gasteiger partial charge is 0.478 e. The molecule has 1 amide bonds. The van der Waals surface area contributed by atoms with E-state index in [9.17, 15) is 9.59 Å². The number of hydrogen-bond donors (Lipinski definition) is 2. The molecule has 0 radical (unpaired) electrons. The molecule has 0 unspecified atom stereocenters. The molecule has 20 heavy (non-hydrogen) atoms. The Labute approximate surface area is 119 Å². The lowest BCUT2D eigenvalue weighted by Gasteiger charge is -2.05. The van der Waals surface area contributed by atoms with E-state index in [1.54, 1.807) is 0 Å². The first kappa shape index (κ1) is 16.1. The summed E-state index contributed by atoms with van der Waals surface area (Å²) >= 11 is 0. The van der Waals surface area contributed by atoms with Crippen molar-refractivity contribution >= 4 is 11.9 Å². The number of carbonyl (C=O) groups excluding carboxylic acids is 1. The van der Waals surface area contributed by atoms with Crippen molar-refractivity contribution in [3.63, 3.8) is 0 Å². The first-order valence-corrected chi connectivity index (χ1v) is 7.12. The molecule has 0 spiro atoms. The summed E-state index contributed by atoms with van der Waals surface area (Å²) in [7, 11) is 0. The number of hydrogen-bond acceptors (Lipinski definition) is 3. The number of amides is 1. The highest BCUT2D eigenvalue weighted by atomic mass is 16.4. The van der Waals surface area contributed by atoms with Gasteiger partial charge in [-0.25, -0.2) is 4.79 Å². The highest BCUT2D eigenvalue weighted by Crippen LogP contribution is 2.04. The van der Waals surface area contributed by atoms with Crippen LogP contribution in [0.2, 0.25) is 0 Å². The van der Waals surface area contributed by atoms with Gasteiger partial charge in [0.2, 0.25) is 0 Å². The minimum atomic E-state index is -1.04. The van der Waals surface area contributed by atoms with E-state index in [0.29, 0.717) is 6.54 Å². The molecule has 1 aromatic heterocycles. The molecule has 0 saturated carbocycles. The maximum Gasteiger partial charge on any atom is 0.337 e. The molecule has 0 fully saturated rings. The Morgan fingerprint density at radius 1 is 1.15 bits per heavy atom. The van der Waals surface area contributed by atoms with Crippen molar-refractivity contribution in [1.29, 1.82) is 0 Å². The molecule has 2 N–H and O–H groups in total. The van der Waals surface area contributed by atoms with Gasteiger partial charge < -0.3 is 10.4 Å². The van der Waals surface area contributed by atoms with E-state index >= 15 is 0 Å². The van der Waals surface area contributed by atoms with Gasteiger partial charge in [-0.2, -0.15) is 0 Å². The maximum atomic E-state index is 11.7. The second-order valence-corrected chi connectivity index (χ2v) is 4.76. The molecule has 1 aromatic rings. The van der Waals surface area contributed by atoms with E-state index in [0.717, 1.165) is 12.8 Å². The van der Waals surface area contributed by atoms with Gasteiger partial charge in [0, 0.05) is 12.7 Å². The number of nitrogens with zero attached hydrogens (tertiary/aromatic N) is 1. The van der Waals surface area contributed by atoms with Crippen LogP contribution in [-0.4, -0.2) is 28.5 Å². The normalized spacial score (nSPS) is 10.2. The average Bonchev–Trinajstić information content (AvgIpc) is 2.46. The van der Waals surface area contributed by atoms with Crippen molar-refractivity contribution in [2.75, 3.05) is 6.54 Å². The van der Waals surface area contributed by atoms with Crippen LogP contribution in [0, 0.1) is 0 Å². The number of nitrogens with one attached hydrogen (secondary N) is 1. The van der Waals surface area contributed by atoms with E-state index in [-0.39, 0.29) is 17.2 Å². The van der Waals surface area contributed by atoms with Crippen LogP contribution in [0.1, 0.15) is 66.3 Å². The Bertz CT molecular complexity index is 429. The van der Waals surface area contributed by atoms with Crippen molar-refractivity contribution in [1.82, 2.24) is 10.3 Å². The van der Waals surface area contributed by atoms with Crippen LogP contribution < -0.4 is 5.32 Å². The summed E-state index contributed by atoms with van der Waals surface area (Å²) in [5.74, 6) is -1.30. The van der Waals surface area contributed by atoms with Gasteiger partial charge in [0.05, 0.1) is 5.56 Å². The Kier molecular flexibility index (Phi) is 7.32. The molecule has 5 nitrogen and oxygen atoms in total. The fourth-order valence-electron chi connectivity index (χ4n) is 1.85. The summed E-state index contributed by atoms with van der Waals surface area (Å²) in [5.41, 5.74) is 0.332. The van der Waals surface area contributed by atoms with Crippen LogP contribution in [0.3, 0.4) is 0 Å². The zero-order valence-corrected chi connectivity index (χ0v) is 11.9. The SMILES string of the molecule is CCCCCCCCNC(=O)c1ccc(C(=O)O)cn1. The Balaban J connectivity index is 2.24. The van der Waals surface area contributed by atoms with Gasteiger partial charge in [-0.05, 0) is 18.6 Å². The van der Waals surface area contributed by atoms with Crippen molar-refractivity contribution < 1.29 is 14.7 Å². The monoisotopic (exact) mass is 278 g/mol. The molecule has 110 valence electrons. The molecule has 1 heterocycles. The minimum absolute atomic E-state index is 0.0810. The lowest BCUT2D eigenvalue weighted by Crippen LogP contribution is -2.25. The third-order valence-corrected chi connectivity index (χ3v) is 3.06. The number of carbonyl (C=O) groups is 2. The molecule has 0 aliphatic rings. The van der Waals surface area contributed by atoms with E-state index in [1.165, 1.54) is 44.0 Å². The molecule has 0 saturated heterocycles. The van der Waals surface area contributed by atoms with Crippen LogP contribution >= 0.6 is 0 Å². The molecule has 0 bridgehead atoms. The summed E-state index contributed by atoms with van der Waals surface area (Å²) in [4.78, 5) is 26.2. The lowest BCUT2D eigenvalue weighted by atomic mass is 10.1. The summed E-state index contributed by atoms with van der Waals surface area (Å²) < 4.78 is 0. The predicted octanol–water partition coefficient (Wildman–Crippen LogP) is 2.87. The number of pyridine rings is 1. The van der Waals surface area contributed by atoms with Crippen LogP contribution in [0.4, 0.5) is 0 Å². The summed E-state index contributed by atoms with van der Waals surface area (Å²) in [6.45, 7) is 2.82. The van der Waals surface area contributed by atoms with Crippen LogP contribution in [0.15, 0.2) is 18.3 Å². The third kappa shape index (κ3) is 5.82. The molecule has 0 aromatic carbocycles. The highest BCUT2D eigenvalue weighted by Gasteiger charge is 2.08. The van der Waals surface area contributed by atoms with Gasteiger partial charge in [-0.1, -0.05) is 39.0 Å². The van der Waals surface area contributed by atoms with Gasteiger partial charge in [0.25, 0.3) is 5.91 Å². The van der Waals surface area contributed by atoms with E-state index in [1.807, 2.05) is 0 Å². The lowest BCUT2D eigenvalue weighted by molar-refractivity contribution is 0.0695. The van der Waals surface area contributed by atoms with Gasteiger partial charge in [0.1, 0.15) is 5.69 Å². The molecule has 0 aliphatic heterocycles. The summed E-state index contributed by atoms with van der Waals surface area (Å²) in [6.07, 6.45) is 8.23. The smallest absolute Gasteiger partial charge is 0.337 e. The molecule has 5 heteroatoms. The number of carboxylic acid groups (broad SMARTS) is 1. The number of aromatic carboxylic acids is 1. The number of rotatable bonds is 9. The average molecular weight is 278 g/mol. The zero-order chi connectivity index (χ0) is 14.8. The first-order chi connectivity index (χ1) is 9.65. The fourth-order valence-corrected chi connectivity index (χ4v) is 1.85. The molecular formula is C15H22N2O3. The Morgan fingerprint density at radius 2 is 1.85 bits per heavy atom. The fraction of sp³-hybridized carbons (Fsp3) is 0.533. The van der Waals surface area contributed by atoms with Crippen molar-refractivity contribution in [2.45, 2.75) is 45.4 Å². The maximum absolute atomic E-state index is 11.7. The van der Waals surface area contributed by atoms with Crippen molar-refractivity contribution in [3.05, 3.63) is 29.6 Å². The molecule has 0 aliphatic carbocycles. The van der Waals surface area contributed by atoms with Crippen molar-refractivity contribution in [3.8, 4) is 0 Å². The molecular weight excluding hydrogens is 256 g/mol.